The largest absolute Gasteiger partial charge is 0.278 e. The van der Waals surface area contributed by atoms with Crippen LogP contribution in [0, 0.1) is 0 Å². The Kier molecular flexibility index (Phi) is 18.9. The maximum absolute atomic E-state index is 5.10. The molecule has 6 aromatic heterocycles. The lowest BCUT2D eigenvalue weighted by molar-refractivity contribution is 0.953. The first-order valence-electron chi connectivity index (χ1n) is 42.1. The van der Waals surface area contributed by atoms with E-state index in [2.05, 4.69) is 325 Å². The molecule has 0 fully saturated rings. The maximum atomic E-state index is 5.10. The number of fused-ring (bicyclic) bond motifs is 15. The molecule has 586 valence electrons. The molecule has 0 amide bonds. The van der Waals surface area contributed by atoms with Gasteiger partial charge in [0.05, 0.1) is 22.1 Å². The van der Waals surface area contributed by atoms with Gasteiger partial charge in [0.1, 0.15) is 0 Å². The van der Waals surface area contributed by atoms with Gasteiger partial charge < -0.3 is 0 Å². The summed E-state index contributed by atoms with van der Waals surface area (Å²) in [5, 5.41) is 9.98. The molecule has 0 aliphatic heterocycles. The first kappa shape index (κ1) is 74.1. The van der Waals surface area contributed by atoms with Gasteiger partial charge in [0.25, 0.3) is 0 Å². The van der Waals surface area contributed by atoms with Gasteiger partial charge in [-0.05, 0) is 162 Å². The molecule has 0 saturated heterocycles. The third-order valence-corrected chi connectivity index (χ3v) is 26.3. The Balaban J connectivity index is 0.000000108. The van der Waals surface area contributed by atoms with Crippen LogP contribution in [0.25, 0.3) is 208 Å². The van der Waals surface area contributed by atoms with Gasteiger partial charge in [-0.3, -0.25) is 9.13 Å². The molecule has 24 aromatic rings. The smallest absolute Gasteiger partial charge is 0.238 e. The topological polar surface area (TPSA) is 87.2 Å². The highest BCUT2D eigenvalue weighted by Crippen LogP contribution is 2.52. The Bertz CT molecular complexity index is 8010. The zero-order valence-electron chi connectivity index (χ0n) is 67.6. The van der Waals surface area contributed by atoms with Crippen LogP contribution in [0.5, 0.6) is 0 Å². The summed E-state index contributed by atoms with van der Waals surface area (Å²) in [6, 6.07) is 157. The fraction of sp³-hybridized carbons (Fsp3) is 0.00870. The van der Waals surface area contributed by atoms with Crippen molar-refractivity contribution < 1.29 is 0 Å². The lowest BCUT2D eigenvalue weighted by atomic mass is 9.87. The predicted molar refractivity (Wildman–Crippen MR) is 522 cm³/mol. The number of nitrogens with zero attached hydrogens (tertiary/aromatic N) is 8. The summed E-state index contributed by atoms with van der Waals surface area (Å²) in [6.45, 7) is 0. The van der Waals surface area contributed by atoms with E-state index in [9.17, 15) is 0 Å². The third-order valence-electron chi connectivity index (χ3n) is 24.1. The van der Waals surface area contributed by atoms with E-state index < -0.39 is 0 Å². The Morgan fingerprint density at radius 1 is 0.176 bits per heavy atom. The molecule has 1 aliphatic rings. The molecule has 1 unspecified atom stereocenters. The van der Waals surface area contributed by atoms with E-state index in [0.717, 1.165) is 66.2 Å². The van der Waals surface area contributed by atoms with Gasteiger partial charge in [0, 0.05) is 90.1 Å². The minimum atomic E-state index is 0.223. The van der Waals surface area contributed by atoms with Crippen molar-refractivity contribution in [3.63, 3.8) is 0 Å². The van der Waals surface area contributed by atoms with Crippen LogP contribution in [0.4, 0.5) is 0 Å². The Morgan fingerprint density at radius 2 is 0.520 bits per heavy atom. The van der Waals surface area contributed by atoms with Crippen molar-refractivity contribution in [2.75, 3.05) is 0 Å². The SMILES string of the molecule is c1ccc(-c2cc(-c3ccccc3)cc(-c3ccc(C4c5ccccc5-c5cc6c(cc54)sc4ccccc46)cc3)c2)cc1.c1ccc(-c2ccc3c(c2)c2ccc(-c4ccccc4)cc2n3-c2nc(-c3ccccc3)nc(-c3ccccc3)n2)cc1.c1ccc(-c2nc(-c3ccccc3)nc(-n3c4ccccc4c4cc5c(cc43)sc3ccccc35)n2)cc1. The molecule has 0 spiro atoms. The van der Waals surface area contributed by atoms with Crippen LogP contribution < -0.4 is 0 Å². The van der Waals surface area contributed by atoms with Crippen molar-refractivity contribution in [3.8, 4) is 124 Å². The Labute approximate surface area is 730 Å². The van der Waals surface area contributed by atoms with Crippen molar-refractivity contribution in [1.29, 1.82) is 0 Å². The van der Waals surface area contributed by atoms with Gasteiger partial charge in [0.2, 0.25) is 11.9 Å². The highest BCUT2D eigenvalue weighted by molar-refractivity contribution is 7.26. The van der Waals surface area contributed by atoms with Gasteiger partial charge in [-0.25, -0.2) is 9.97 Å². The average molecular weight is 1630 g/mol. The fourth-order valence-corrected chi connectivity index (χ4v) is 20.3. The molecule has 0 bridgehead atoms. The minimum absolute atomic E-state index is 0.223. The number of rotatable bonds is 12. The summed E-state index contributed by atoms with van der Waals surface area (Å²) in [5.74, 6) is 4.01. The van der Waals surface area contributed by atoms with Crippen LogP contribution >= 0.6 is 22.7 Å². The standard InChI is InChI=1S/C43H28S.C39H26N4.C33H20N4S/c1-3-11-28(12-4-1)32-23-33(29-13-5-2-6-14-29)25-34(24-32)30-19-21-31(22-20-30)43-37-17-8-7-15-35(37)38-26-39-36-16-9-10-18-41(36)44-42(39)27-40(38)43;1-5-13-27(14-6-1)31-22-24-35-34(25-31)33-23-21-32(28-15-7-2-8-16-28)26-36(33)43(35)39-41-37(29-17-9-3-10-18-29)40-38(42-39)30-19-11-4-12-20-30;1-3-11-21(12-4-1)31-34-32(22-13-5-2-6-14-22)36-33(35-31)37-27-17-9-7-15-23(27)25-19-26-24-16-8-10-18-29(24)38-30(26)20-28(25)37/h1-27,43H;1-26H;1-20H. The van der Waals surface area contributed by atoms with E-state index in [4.69, 9.17) is 29.9 Å². The molecule has 8 nitrogen and oxygen atoms in total. The van der Waals surface area contributed by atoms with E-state index in [1.165, 1.54) is 123 Å². The summed E-state index contributed by atoms with van der Waals surface area (Å²) in [4.78, 5) is 30.1. The van der Waals surface area contributed by atoms with Gasteiger partial charge in [-0.2, -0.15) is 19.9 Å². The fourth-order valence-electron chi connectivity index (χ4n) is 18.1. The lowest BCUT2D eigenvalue weighted by Gasteiger charge is -2.16. The summed E-state index contributed by atoms with van der Waals surface area (Å²) in [7, 11) is 0. The Morgan fingerprint density at radius 3 is 1.01 bits per heavy atom. The highest BCUT2D eigenvalue weighted by atomic mass is 32.1. The molecule has 10 heteroatoms. The normalized spacial score (nSPS) is 12.2. The number of para-hydroxylation sites is 1. The summed E-state index contributed by atoms with van der Waals surface area (Å²) < 4.78 is 9.65. The molecule has 0 N–H and O–H groups in total. The predicted octanol–water partition coefficient (Wildman–Crippen LogP) is 30.5. The number of benzene rings is 18. The number of aromatic nitrogens is 8. The van der Waals surface area contributed by atoms with Gasteiger partial charge >= 0.3 is 0 Å². The first-order chi connectivity index (χ1) is 61.9. The van der Waals surface area contributed by atoms with Crippen LogP contribution in [-0.2, 0) is 0 Å². The van der Waals surface area contributed by atoms with Crippen molar-refractivity contribution in [2.24, 2.45) is 0 Å². The third kappa shape index (κ3) is 13.9. The van der Waals surface area contributed by atoms with Gasteiger partial charge in [-0.1, -0.05) is 364 Å². The zero-order valence-corrected chi connectivity index (χ0v) is 69.3. The number of thiophene rings is 2. The van der Waals surface area contributed by atoms with Crippen molar-refractivity contribution in [3.05, 3.63) is 460 Å². The van der Waals surface area contributed by atoms with Gasteiger partial charge in [0.15, 0.2) is 23.3 Å². The monoisotopic (exact) mass is 1630 g/mol. The second-order valence-corrected chi connectivity index (χ2v) is 33.8. The summed E-state index contributed by atoms with van der Waals surface area (Å²) in [6.07, 6.45) is 0. The van der Waals surface area contributed by atoms with Crippen LogP contribution in [0.15, 0.2) is 443 Å². The molecule has 25 rings (SSSR count). The average Bonchev–Trinajstić information content (AvgIpc) is 1.58. The second kappa shape index (κ2) is 31.9. The second-order valence-electron chi connectivity index (χ2n) is 31.6. The van der Waals surface area contributed by atoms with Crippen LogP contribution in [-0.4, -0.2) is 39.0 Å². The minimum Gasteiger partial charge on any atom is -0.278 e. The number of hydrogen-bond acceptors (Lipinski definition) is 8. The van der Waals surface area contributed by atoms with Crippen molar-refractivity contribution in [2.45, 2.75) is 5.92 Å². The molecule has 18 aromatic carbocycles. The maximum Gasteiger partial charge on any atom is 0.238 e. The number of hydrogen-bond donors (Lipinski definition) is 0. The molecule has 6 heterocycles. The highest BCUT2D eigenvalue weighted by Gasteiger charge is 2.32. The molecule has 0 saturated carbocycles. The summed E-state index contributed by atoms with van der Waals surface area (Å²) in [5.41, 5.74) is 27.0. The quantitative estimate of drug-likeness (QED) is 0.121. The van der Waals surface area contributed by atoms with E-state index in [0.29, 0.717) is 35.2 Å². The molecule has 125 heavy (non-hydrogen) atoms. The lowest BCUT2D eigenvalue weighted by Crippen LogP contribution is -2.06. The molecule has 0 radical (unpaired) electrons. The van der Waals surface area contributed by atoms with Crippen molar-refractivity contribution >= 4 is 107 Å². The Hall–Kier alpha value is -16.0. The molecule has 1 aliphatic carbocycles. The molecule has 1 atom stereocenters. The van der Waals surface area contributed by atoms with Crippen LogP contribution in [0.3, 0.4) is 0 Å². The van der Waals surface area contributed by atoms with Crippen LogP contribution in [0.1, 0.15) is 22.6 Å². The zero-order chi connectivity index (χ0) is 82.7. The molecular weight excluding hydrogens is 1560 g/mol. The summed E-state index contributed by atoms with van der Waals surface area (Å²) >= 11 is 3.73. The molecular formula is C115H74N8S2. The van der Waals surface area contributed by atoms with E-state index >= 15 is 0 Å². The van der Waals surface area contributed by atoms with E-state index in [1.807, 2.05) is 150 Å². The first-order valence-corrected chi connectivity index (χ1v) is 43.8. The van der Waals surface area contributed by atoms with E-state index in [-0.39, 0.29) is 5.92 Å². The van der Waals surface area contributed by atoms with Crippen LogP contribution in [0.2, 0.25) is 0 Å². The van der Waals surface area contributed by atoms with E-state index in [1.54, 1.807) is 0 Å². The van der Waals surface area contributed by atoms with Crippen molar-refractivity contribution in [1.82, 2.24) is 39.0 Å². The van der Waals surface area contributed by atoms with Gasteiger partial charge in [-0.15, -0.1) is 22.7 Å².